The van der Waals surface area contributed by atoms with Gasteiger partial charge in [-0.3, -0.25) is 0 Å². The topological polar surface area (TPSA) is 111 Å². The third-order valence-corrected chi connectivity index (χ3v) is 3.43. The molecule has 0 fully saturated rings. The average Bonchev–Trinajstić information content (AvgIpc) is 2.62. The van der Waals surface area contributed by atoms with Crippen molar-refractivity contribution >= 4 is 21.7 Å². The molecule has 0 aliphatic rings. The fourth-order valence-corrected chi connectivity index (χ4v) is 2.43. The Morgan fingerprint density at radius 2 is 2.17 bits per heavy atom. The number of sulfonamides is 1. The molecule has 0 saturated carbocycles. The molecule has 0 unspecified atom stereocenters. The minimum absolute atomic E-state index is 0.210. The number of hydrogen-bond donors (Lipinski definition) is 2. The Labute approximate surface area is 102 Å². The molecule has 96 valence electrons. The monoisotopic (exact) mass is 272 g/mol. The molecule has 0 atom stereocenters. The van der Waals surface area contributed by atoms with Crippen LogP contribution in [-0.4, -0.2) is 18.6 Å². The zero-order chi connectivity index (χ0) is 13.3. The molecule has 2 rings (SSSR count). The van der Waals surface area contributed by atoms with E-state index < -0.39 is 20.7 Å². The second-order valence-corrected chi connectivity index (χ2v) is 5.03. The van der Waals surface area contributed by atoms with Crippen LogP contribution >= 0.6 is 0 Å². The number of nitrogens with one attached hydrogen (secondary N) is 1. The van der Waals surface area contributed by atoms with Gasteiger partial charge in [0.05, 0.1) is 5.69 Å². The fraction of sp³-hybridized carbons (Fsp3) is 0.111. The molecule has 9 heteroatoms. The number of nitrogens with two attached hydrogens (primary N) is 1. The smallest absolute Gasteiger partial charge is 0.335 e. The summed E-state index contributed by atoms with van der Waals surface area (Å²) in [7, 11) is -4.21. The Hall–Kier alpha value is -2.16. The molecular weight excluding hydrogens is 263 g/mol. The molecule has 0 aliphatic heterocycles. The van der Waals surface area contributed by atoms with E-state index in [0.717, 1.165) is 6.07 Å². The molecule has 0 amide bonds. The third-order valence-electron chi connectivity index (χ3n) is 2.02. The van der Waals surface area contributed by atoms with Crippen LogP contribution in [0.4, 0.5) is 16.1 Å². The quantitative estimate of drug-likeness (QED) is 0.803. The van der Waals surface area contributed by atoms with Gasteiger partial charge < -0.3 is 10.3 Å². The number of anilines is 2. The maximum atomic E-state index is 13.5. The van der Waals surface area contributed by atoms with Gasteiger partial charge in [-0.1, -0.05) is 11.2 Å². The van der Waals surface area contributed by atoms with E-state index in [4.69, 9.17) is 5.73 Å². The van der Waals surface area contributed by atoms with Gasteiger partial charge in [-0.15, -0.1) is 0 Å². The minimum Gasteiger partial charge on any atom is -0.398 e. The summed E-state index contributed by atoms with van der Waals surface area (Å²) >= 11 is 0. The van der Waals surface area contributed by atoms with Gasteiger partial charge >= 0.3 is 6.01 Å². The van der Waals surface area contributed by atoms with Crippen LogP contribution in [0.1, 0.15) is 5.82 Å². The summed E-state index contributed by atoms with van der Waals surface area (Å²) in [6.07, 6.45) is 0. The molecule has 1 heterocycles. The van der Waals surface area contributed by atoms with E-state index >= 15 is 0 Å². The molecule has 18 heavy (non-hydrogen) atoms. The standard InChI is InChI=1S/C9H9FN4O3S/c1-5-12-9(17-13-5)14-18(15,16)8-6(10)3-2-4-7(8)11/h2-4H,11H2,1H3,(H,12,13,14). The van der Waals surface area contributed by atoms with E-state index in [2.05, 4.69) is 14.7 Å². The maximum Gasteiger partial charge on any atom is 0.335 e. The van der Waals surface area contributed by atoms with Gasteiger partial charge in [0.2, 0.25) is 0 Å². The first-order valence-electron chi connectivity index (χ1n) is 4.77. The zero-order valence-corrected chi connectivity index (χ0v) is 10.0. The van der Waals surface area contributed by atoms with Crippen molar-refractivity contribution in [1.29, 1.82) is 0 Å². The molecule has 3 N–H and O–H groups in total. The van der Waals surface area contributed by atoms with Crippen LogP contribution in [0.25, 0.3) is 0 Å². The number of benzene rings is 1. The lowest BCUT2D eigenvalue weighted by atomic mass is 10.3. The fourth-order valence-electron chi connectivity index (χ4n) is 1.31. The highest BCUT2D eigenvalue weighted by atomic mass is 32.2. The second kappa shape index (κ2) is 4.26. The number of halogens is 1. The highest BCUT2D eigenvalue weighted by molar-refractivity contribution is 7.92. The Balaban J connectivity index is 2.43. The van der Waals surface area contributed by atoms with Crippen LogP contribution in [0.5, 0.6) is 0 Å². The van der Waals surface area contributed by atoms with E-state index in [-0.39, 0.29) is 17.5 Å². The van der Waals surface area contributed by atoms with Crippen LogP contribution in [0.15, 0.2) is 27.6 Å². The molecular formula is C9H9FN4O3S. The Morgan fingerprint density at radius 1 is 1.44 bits per heavy atom. The first kappa shape index (κ1) is 12.3. The predicted octanol–water partition coefficient (Wildman–Crippen LogP) is 0.900. The van der Waals surface area contributed by atoms with Gasteiger partial charge in [0.1, 0.15) is 10.7 Å². The van der Waals surface area contributed by atoms with Crippen molar-refractivity contribution in [3.05, 3.63) is 29.8 Å². The lowest BCUT2D eigenvalue weighted by molar-refractivity contribution is 0.429. The third kappa shape index (κ3) is 2.25. The highest BCUT2D eigenvalue weighted by Crippen LogP contribution is 2.23. The predicted molar refractivity (Wildman–Crippen MR) is 60.7 cm³/mol. The van der Waals surface area contributed by atoms with Gasteiger partial charge in [0, 0.05) is 0 Å². The molecule has 1 aromatic heterocycles. The van der Waals surface area contributed by atoms with Gasteiger partial charge in [-0.05, 0) is 19.1 Å². The van der Waals surface area contributed by atoms with Crippen LogP contribution in [0.2, 0.25) is 0 Å². The number of rotatable bonds is 3. The highest BCUT2D eigenvalue weighted by Gasteiger charge is 2.24. The van der Waals surface area contributed by atoms with E-state index in [1.54, 1.807) is 0 Å². The Morgan fingerprint density at radius 3 is 2.72 bits per heavy atom. The molecule has 1 aromatic carbocycles. The summed E-state index contributed by atoms with van der Waals surface area (Å²) in [5, 5.41) is 3.40. The number of aromatic nitrogens is 2. The normalized spacial score (nSPS) is 11.4. The molecule has 2 aromatic rings. The summed E-state index contributed by atoms with van der Waals surface area (Å²) in [6.45, 7) is 1.51. The molecule has 0 radical (unpaired) electrons. The summed E-state index contributed by atoms with van der Waals surface area (Å²) in [6, 6.07) is 3.22. The summed E-state index contributed by atoms with van der Waals surface area (Å²) in [4.78, 5) is 3.00. The van der Waals surface area contributed by atoms with E-state index in [0.29, 0.717) is 0 Å². The number of aryl methyl sites for hydroxylation is 1. The van der Waals surface area contributed by atoms with Crippen molar-refractivity contribution in [2.24, 2.45) is 0 Å². The van der Waals surface area contributed by atoms with Crippen LogP contribution in [-0.2, 0) is 10.0 Å². The summed E-state index contributed by atoms with van der Waals surface area (Å²) < 4.78 is 43.8. The van der Waals surface area contributed by atoms with Crippen LogP contribution < -0.4 is 10.5 Å². The first-order chi connectivity index (χ1) is 8.40. The molecule has 0 bridgehead atoms. The first-order valence-corrected chi connectivity index (χ1v) is 6.25. The zero-order valence-electron chi connectivity index (χ0n) is 9.21. The van der Waals surface area contributed by atoms with E-state index in [1.807, 2.05) is 4.72 Å². The lowest BCUT2D eigenvalue weighted by Crippen LogP contribution is -2.16. The van der Waals surface area contributed by atoms with Crippen molar-refractivity contribution in [2.75, 3.05) is 10.5 Å². The minimum atomic E-state index is -4.21. The SMILES string of the molecule is Cc1noc(NS(=O)(=O)c2c(N)cccc2F)n1. The van der Waals surface area contributed by atoms with Crippen molar-refractivity contribution in [1.82, 2.24) is 10.1 Å². The Kier molecular flexibility index (Phi) is 2.91. The lowest BCUT2D eigenvalue weighted by Gasteiger charge is -2.07. The maximum absolute atomic E-state index is 13.5. The van der Waals surface area contributed by atoms with Crippen molar-refractivity contribution in [2.45, 2.75) is 11.8 Å². The van der Waals surface area contributed by atoms with E-state index in [9.17, 15) is 12.8 Å². The van der Waals surface area contributed by atoms with Crippen LogP contribution in [0, 0.1) is 12.7 Å². The average molecular weight is 272 g/mol. The van der Waals surface area contributed by atoms with Gasteiger partial charge in [-0.2, -0.15) is 4.98 Å². The van der Waals surface area contributed by atoms with E-state index in [1.165, 1.54) is 19.1 Å². The Bertz CT molecular complexity index is 663. The molecule has 0 saturated heterocycles. The number of nitrogen functional groups attached to an aromatic ring is 1. The van der Waals surface area contributed by atoms with Gasteiger partial charge in [-0.25, -0.2) is 17.5 Å². The second-order valence-electron chi connectivity index (χ2n) is 3.41. The van der Waals surface area contributed by atoms with Crippen LogP contribution in [0.3, 0.4) is 0 Å². The molecule has 7 nitrogen and oxygen atoms in total. The molecule has 0 aliphatic carbocycles. The summed E-state index contributed by atoms with van der Waals surface area (Å²) in [5.74, 6) is -0.715. The number of hydrogen-bond acceptors (Lipinski definition) is 6. The number of nitrogens with zero attached hydrogens (tertiary/aromatic N) is 2. The largest absolute Gasteiger partial charge is 0.398 e. The van der Waals surface area contributed by atoms with Crippen molar-refractivity contribution in [3.63, 3.8) is 0 Å². The molecule has 0 spiro atoms. The van der Waals surface area contributed by atoms with Gasteiger partial charge in [0.25, 0.3) is 10.0 Å². The van der Waals surface area contributed by atoms with Gasteiger partial charge in [0.15, 0.2) is 5.82 Å². The summed E-state index contributed by atoms with van der Waals surface area (Å²) in [5.41, 5.74) is 5.23. The van der Waals surface area contributed by atoms with Crippen molar-refractivity contribution in [3.8, 4) is 0 Å². The van der Waals surface area contributed by atoms with Crippen molar-refractivity contribution < 1.29 is 17.3 Å².